The topological polar surface area (TPSA) is 71.3 Å². The summed E-state index contributed by atoms with van der Waals surface area (Å²) >= 11 is 0. The fourth-order valence-electron chi connectivity index (χ4n) is 3.15. The molecule has 1 aromatic heterocycles. The van der Waals surface area contributed by atoms with Crippen LogP contribution in [0, 0.1) is 5.92 Å². The number of rotatable bonds is 6. The van der Waals surface area contributed by atoms with E-state index in [4.69, 9.17) is 4.42 Å². The predicted octanol–water partition coefficient (Wildman–Crippen LogP) is 3.51. The van der Waals surface area contributed by atoms with Gasteiger partial charge in [0.05, 0.1) is 0 Å². The largest absolute Gasteiger partial charge is 0.406 e. The van der Waals surface area contributed by atoms with Crippen LogP contribution in [0.1, 0.15) is 57.0 Å². The van der Waals surface area contributed by atoms with Gasteiger partial charge in [-0.05, 0) is 18.4 Å². The highest BCUT2D eigenvalue weighted by Gasteiger charge is 2.24. The first-order valence-electron chi connectivity index (χ1n) is 9.56. The standard InChI is InChI=1S/C20H28N4O2/c1-15(2)18(25)21-17(14-16-10-6-5-7-11-16)19-22-23-20(26-19)24-12-8-3-4-9-13-24/h5-7,10-11,15,17H,3-4,8-9,12-14H2,1-2H3,(H,21,25). The van der Waals surface area contributed by atoms with Crippen molar-refractivity contribution in [1.82, 2.24) is 15.5 Å². The van der Waals surface area contributed by atoms with Crippen LogP contribution in [0.2, 0.25) is 0 Å². The molecular formula is C20H28N4O2. The third kappa shape index (κ3) is 4.84. The lowest BCUT2D eigenvalue weighted by Crippen LogP contribution is -2.33. The van der Waals surface area contributed by atoms with E-state index < -0.39 is 0 Å². The minimum Gasteiger partial charge on any atom is -0.406 e. The summed E-state index contributed by atoms with van der Waals surface area (Å²) in [5.74, 6) is 0.365. The number of carbonyl (C=O) groups is 1. The fourth-order valence-corrected chi connectivity index (χ4v) is 3.15. The molecule has 1 N–H and O–H groups in total. The van der Waals surface area contributed by atoms with E-state index in [1.807, 2.05) is 44.2 Å². The number of anilines is 1. The Bertz CT molecular complexity index is 691. The molecule has 1 atom stereocenters. The van der Waals surface area contributed by atoms with Crippen molar-refractivity contribution in [3.63, 3.8) is 0 Å². The Balaban J connectivity index is 1.78. The second kappa shape index (κ2) is 8.83. The zero-order valence-electron chi connectivity index (χ0n) is 15.6. The third-order valence-corrected chi connectivity index (χ3v) is 4.73. The van der Waals surface area contributed by atoms with Crippen LogP contribution in [-0.4, -0.2) is 29.2 Å². The van der Waals surface area contributed by atoms with Gasteiger partial charge in [-0.2, -0.15) is 0 Å². The quantitative estimate of drug-likeness (QED) is 0.858. The number of aromatic nitrogens is 2. The first kappa shape index (κ1) is 18.4. The second-order valence-electron chi connectivity index (χ2n) is 7.23. The summed E-state index contributed by atoms with van der Waals surface area (Å²) in [5, 5.41) is 11.6. The zero-order valence-corrected chi connectivity index (χ0v) is 15.6. The molecule has 140 valence electrons. The van der Waals surface area contributed by atoms with Gasteiger partial charge in [-0.1, -0.05) is 62.1 Å². The highest BCUT2D eigenvalue weighted by Crippen LogP contribution is 2.23. The van der Waals surface area contributed by atoms with Gasteiger partial charge in [-0.3, -0.25) is 4.79 Å². The van der Waals surface area contributed by atoms with E-state index in [0.717, 1.165) is 31.5 Å². The Hall–Kier alpha value is -2.37. The van der Waals surface area contributed by atoms with Crippen molar-refractivity contribution in [3.05, 3.63) is 41.8 Å². The molecule has 6 nitrogen and oxygen atoms in total. The van der Waals surface area contributed by atoms with Crippen LogP contribution >= 0.6 is 0 Å². The maximum absolute atomic E-state index is 12.3. The van der Waals surface area contributed by atoms with Crippen LogP contribution in [0.3, 0.4) is 0 Å². The van der Waals surface area contributed by atoms with Gasteiger partial charge in [-0.15, -0.1) is 5.10 Å². The molecule has 6 heteroatoms. The highest BCUT2D eigenvalue weighted by molar-refractivity contribution is 5.78. The van der Waals surface area contributed by atoms with Gasteiger partial charge in [0.25, 0.3) is 0 Å². The summed E-state index contributed by atoms with van der Waals surface area (Å²) in [5.41, 5.74) is 1.12. The van der Waals surface area contributed by atoms with Crippen LogP contribution in [0.15, 0.2) is 34.7 Å². The number of carbonyl (C=O) groups excluding carboxylic acids is 1. The lowest BCUT2D eigenvalue weighted by molar-refractivity contribution is -0.124. The number of amides is 1. The van der Waals surface area contributed by atoms with Gasteiger partial charge >= 0.3 is 6.01 Å². The summed E-state index contributed by atoms with van der Waals surface area (Å²) in [4.78, 5) is 14.4. The Kier molecular flexibility index (Phi) is 6.26. The minimum absolute atomic E-state index is 0.0135. The van der Waals surface area contributed by atoms with E-state index >= 15 is 0 Å². The first-order chi connectivity index (χ1) is 12.6. The number of hydrogen-bond acceptors (Lipinski definition) is 5. The molecule has 26 heavy (non-hydrogen) atoms. The van der Waals surface area contributed by atoms with Crippen molar-refractivity contribution < 1.29 is 9.21 Å². The molecule has 0 radical (unpaired) electrons. The van der Waals surface area contributed by atoms with Crippen molar-refractivity contribution in [3.8, 4) is 0 Å². The average Bonchev–Trinajstić information content (AvgIpc) is 2.97. The van der Waals surface area contributed by atoms with Crippen LogP contribution in [-0.2, 0) is 11.2 Å². The molecule has 1 amide bonds. The van der Waals surface area contributed by atoms with Gasteiger partial charge in [0.1, 0.15) is 6.04 Å². The van der Waals surface area contributed by atoms with Gasteiger partial charge in [0, 0.05) is 25.4 Å². The van der Waals surface area contributed by atoms with E-state index in [2.05, 4.69) is 20.4 Å². The van der Waals surface area contributed by atoms with Crippen molar-refractivity contribution in [2.75, 3.05) is 18.0 Å². The number of benzene rings is 1. The van der Waals surface area contributed by atoms with E-state index in [9.17, 15) is 4.79 Å². The Morgan fingerprint density at radius 1 is 1.12 bits per heavy atom. The summed E-state index contributed by atoms with van der Waals surface area (Å²) in [7, 11) is 0. The van der Waals surface area contributed by atoms with Gasteiger partial charge in [0.15, 0.2) is 0 Å². The average molecular weight is 356 g/mol. The molecule has 0 spiro atoms. The van der Waals surface area contributed by atoms with Gasteiger partial charge < -0.3 is 14.6 Å². The molecule has 2 aromatic rings. The zero-order chi connectivity index (χ0) is 18.4. The molecular weight excluding hydrogens is 328 g/mol. The number of nitrogens with zero attached hydrogens (tertiary/aromatic N) is 3. The summed E-state index contributed by atoms with van der Waals surface area (Å²) in [6.07, 6.45) is 5.42. The van der Waals surface area contributed by atoms with Crippen LogP contribution in [0.4, 0.5) is 6.01 Å². The molecule has 0 bridgehead atoms. The molecule has 3 rings (SSSR count). The predicted molar refractivity (Wildman–Crippen MR) is 101 cm³/mol. The van der Waals surface area contributed by atoms with Crippen LogP contribution < -0.4 is 10.2 Å². The maximum Gasteiger partial charge on any atom is 0.318 e. The Labute approximate surface area is 155 Å². The van der Waals surface area contributed by atoms with E-state index in [1.165, 1.54) is 12.8 Å². The molecule has 1 aromatic carbocycles. The molecule has 0 aliphatic carbocycles. The van der Waals surface area contributed by atoms with Crippen LogP contribution in [0.25, 0.3) is 0 Å². The lowest BCUT2D eigenvalue weighted by Gasteiger charge is -2.18. The summed E-state index contributed by atoms with van der Waals surface area (Å²) in [6, 6.07) is 10.3. The maximum atomic E-state index is 12.3. The number of nitrogens with one attached hydrogen (secondary N) is 1. The van der Waals surface area contributed by atoms with E-state index in [1.54, 1.807) is 0 Å². The smallest absolute Gasteiger partial charge is 0.318 e. The molecule has 1 fully saturated rings. The Morgan fingerprint density at radius 3 is 2.46 bits per heavy atom. The summed E-state index contributed by atoms with van der Waals surface area (Å²) < 4.78 is 5.98. The first-order valence-corrected chi connectivity index (χ1v) is 9.56. The SMILES string of the molecule is CC(C)C(=O)NC(Cc1ccccc1)c1nnc(N2CCCCCC2)o1. The molecule has 1 aliphatic heterocycles. The number of hydrogen-bond donors (Lipinski definition) is 1. The van der Waals surface area contributed by atoms with Crippen molar-refractivity contribution in [2.24, 2.45) is 5.92 Å². The van der Waals surface area contributed by atoms with Crippen molar-refractivity contribution >= 4 is 11.9 Å². The summed E-state index contributed by atoms with van der Waals surface area (Å²) in [6.45, 7) is 5.66. The monoisotopic (exact) mass is 356 g/mol. The van der Waals surface area contributed by atoms with Gasteiger partial charge in [-0.25, -0.2) is 0 Å². The van der Waals surface area contributed by atoms with Crippen LogP contribution in [0.5, 0.6) is 0 Å². The molecule has 1 saturated heterocycles. The molecule has 2 heterocycles. The minimum atomic E-state index is -0.319. The van der Waals surface area contributed by atoms with E-state index in [-0.39, 0.29) is 17.9 Å². The molecule has 1 aliphatic rings. The fraction of sp³-hybridized carbons (Fsp3) is 0.550. The van der Waals surface area contributed by atoms with Crippen molar-refractivity contribution in [1.29, 1.82) is 0 Å². The normalized spacial score (nSPS) is 16.3. The second-order valence-corrected chi connectivity index (χ2v) is 7.23. The molecule has 0 saturated carbocycles. The Morgan fingerprint density at radius 2 is 1.81 bits per heavy atom. The highest BCUT2D eigenvalue weighted by atomic mass is 16.4. The van der Waals surface area contributed by atoms with Gasteiger partial charge in [0.2, 0.25) is 11.8 Å². The lowest BCUT2D eigenvalue weighted by atomic mass is 10.0. The van der Waals surface area contributed by atoms with Crippen molar-refractivity contribution in [2.45, 2.75) is 52.0 Å². The van der Waals surface area contributed by atoms with E-state index in [0.29, 0.717) is 18.3 Å². The third-order valence-electron chi connectivity index (χ3n) is 4.73. The molecule has 1 unspecified atom stereocenters.